The molecular formula is C14H13F2NO4S3. The second-order valence-corrected chi connectivity index (χ2v) is 9.83. The summed E-state index contributed by atoms with van der Waals surface area (Å²) in [7, 11) is -7.16. The quantitative estimate of drug-likeness (QED) is 0.845. The zero-order chi connectivity index (χ0) is 18.1. The van der Waals surface area contributed by atoms with Gasteiger partial charge in [0.2, 0.25) is 10.0 Å². The molecule has 130 valence electrons. The van der Waals surface area contributed by atoms with Gasteiger partial charge in [-0.05, 0) is 30.3 Å². The topological polar surface area (TPSA) is 80.3 Å². The van der Waals surface area contributed by atoms with Gasteiger partial charge in [-0.2, -0.15) is 0 Å². The molecule has 0 heterocycles. The third-order valence-corrected chi connectivity index (χ3v) is 5.60. The van der Waals surface area contributed by atoms with Crippen molar-refractivity contribution in [2.45, 2.75) is 14.7 Å². The molecule has 0 bridgehead atoms. The molecule has 2 aromatic carbocycles. The first-order chi connectivity index (χ1) is 11.0. The van der Waals surface area contributed by atoms with E-state index in [1.54, 1.807) is 0 Å². The van der Waals surface area contributed by atoms with E-state index < -0.39 is 31.5 Å². The van der Waals surface area contributed by atoms with Crippen molar-refractivity contribution >= 4 is 37.3 Å². The number of halogens is 2. The maximum atomic E-state index is 13.8. The van der Waals surface area contributed by atoms with Crippen molar-refractivity contribution in [3.05, 3.63) is 48.0 Å². The Balaban J connectivity index is 2.54. The van der Waals surface area contributed by atoms with Gasteiger partial charge in [0.15, 0.2) is 9.84 Å². The first-order valence-electron chi connectivity index (χ1n) is 6.40. The van der Waals surface area contributed by atoms with Crippen LogP contribution in [0.15, 0.2) is 51.1 Å². The van der Waals surface area contributed by atoms with Crippen molar-refractivity contribution in [3.63, 3.8) is 0 Å². The largest absolute Gasteiger partial charge is 0.283 e. The average molecular weight is 393 g/mol. The molecule has 10 heteroatoms. The molecule has 0 radical (unpaired) electrons. The highest BCUT2D eigenvalue weighted by atomic mass is 32.2. The zero-order valence-electron chi connectivity index (χ0n) is 12.6. The molecule has 0 aromatic heterocycles. The van der Waals surface area contributed by atoms with Gasteiger partial charge in [0.1, 0.15) is 11.6 Å². The van der Waals surface area contributed by atoms with Gasteiger partial charge in [-0.1, -0.05) is 11.8 Å². The highest BCUT2D eigenvalue weighted by molar-refractivity contribution is 7.99. The lowest BCUT2D eigenvalue weighted by Gasteiger charge is -2.12. The van der Waals surface area contributed by atoms with Crippen molar-refractivity contribution in [2.24, 2.45) is 0 Å². The van der Waals surface area contributed by atoms with Crippen LogP contribution in [0, 0.1) is 11.6 Å². The fourth-order valence-corrected chi connectivity index (χ4v) is 4.09. The van der Waals surface area contributed by atoms with Crippen molar-refractivity contribution in [1.29, 1.82) is 0 Å². The fraction of sp³-hybridized carbons (Fsp3) is 0.143. The van der Waals surface area contributed by atoms with Gasteiger partial charge in [0, 0.05) is 22.1 Å². The number of sulfone groups is 1. The maximum absolute atomic E-state index is 13.8. The van der Waals surface area contributed by atoms with Gasteiger partial charge in [-0.25, -0.2) is 25.6 Å². The lowest BCUT2D eigenvalue weighted by Crippen LogP contribution is -2.10. The molecule has 0 aliphatic rings. The van der Waals surface area contributed by atoms with E-state index in [0.29, 0.717) is 6.07 Å². The summed E-state index contributed by atoms with van der Waals surface area (Å²) in [4.78, 5) is 0.152. The molecule has 0 fully saturated rings. The van der Waals surface area contributed by atoms with Gasteiger partial charge in [-0.15, -0.1) is 0 Å². The molecule has 2 rings (SSSR count). The van der Waals surface area contributed by atoms with Crippen LogP contribution in [-0.2, 0) is 19.9 Å². The molecule has 24 heavy (non-hydrogen) atoms. The Morgan fingerprint density at radius 2 is 1.58 bits per heavy atom. The van der Waals surface area contributed by atoms with Crippen molar-refractivity contribution < 1.29 is 25.6 Å². The van der Waals surface area contributed by atoms with Crippen LogP contribution in [0.3, 0.4) is 0 Å². The van der Waals surface area contributed by atoms with Gasteiger partial charge in [0.05, 0.1) is 16.8 Å². The summed E-state index contributed by atoms with van der Waals surface area (Å²) in [6.45, 7) is 0. The molecule has 1 N–H and O–H groups in total. The second-order valence-electron chi connectivity index (χ2n) is 4.98. The van der Waals surface area contributed by atoms with Gasteiger partial charge < -0.3 is 0 Å². The Kier molecular flexibility index (Phi) is 5.21. The molecule has 0 spiro atoms. The van der Waals surface area contributed by atoms with E-state index in [2.05, 4.69) is 4.72 Å². The molecule has 0 unspecified atom stereocenters. The highest BCUT2D eigenvalue weighted by Gasteiger charge is 2.16. The maximum Gasteiger partial charge on any atom is 0.229 e. The Morgan fingerprint density at radius 1 is 0.917 bits per heavy atom. The summed E-state index contributed by atoms with van der Waals surface area (Å²) in [6, 6.07) is 6.68. The molecule has 5 nitrogen and oxygen atoms in total. The second kappa shape index (κ2) is 6.69. The third kappa shape index (κ3) is 4.92. The van der Waals surface area contributed by atoms with E-state index in [9.17, 15) is 25.6 Å². The first-order valence-corrected chi connectivity index (χ1v) is 11.0. The van der Waals surface area contributed by atoms with Crippen molar-refractivity contribution in [1.82, 2.24) is 0 Å². The highest BCUT2D eigenvalue weighted by Crippen LogP contribution is 2.37. The minimum Gasteiger partial charge on any atom is -0.283 e. The van der Waals surface area contributed by atoms with E-state index >= 15 is 0 Å². The molecule has 0 saturated carbocycles. The van der Waals surface area contributed by atoms with E-state index in [4.69, 9.17) is 0 Å². The van der Waals surface area contributed by atoms with E-state index in [1.165, 1.54) is 24.3 Å². The summed E-state index contributed by atoms with van der Waals surface area (Å²) >= 11 is 0.787. The number of nitrogens with one attached hydrogen (secondary N) is 1. The predicted molar refractivity (Wildman–Crippen MR) is 88.5 cm³/mol. The minimum atomic E-state index is -3.62. The van der Waals surface area contributed by atoms with Crippen LogP contribution in [0.4, 0.5) is 14.5 Å². The lowest BCUT2D eigenvalue weighted by atomic mass is 10.3. The molecule has 0 aliphatic heterocycles. The smallest absolute Gasteiger partial charge is 0.229 e. The van der Waals surface area contributed by atoms with Crippen LogP contribution in [-0.4, -0.2) is 29.3 Å². The van der Waals surface area contributed by atoms with Crippen LogP contribution in [0.5, 0.6) is 0 Å². The van der Waals surface area contributed by atoms with E-state index in [0.717, 1.165) is 30.3 Å². The SMILES string of the molecule is CS(=O)(=O)Nc1ccc(S(C)(=O)=O)cc1Sc1ccc(F)cc1F. The monoisotopic (exact) mass is 393 g/mol. The Hall–Kier alpha value is -1.65. The first kappa shape index (κ1) is 18.7. The summed E-state index contributed by atoms with van der Waals surface area (Å²) in [5.41, 5.74) is 0.0959. The number of rotatable bonds is 5. The van der Waals surface area contributed by atoms with Gasteiger partial charge in [0.25, 0.3) is 0 Å². The standard InChI is InChI=1S/C14H13F2NO4S3/c1-23(18,19)10-4-5-12(17-24(2,20)21)14(8-10)22-13-6-3-9(15)7-11(13)16/h3-8,17H,1-2H3. The number of sulfonamides is 1. The Labute approximate surface area is 143 Å². The van der Waals surface area contributed by atoms with E-state index in [1.807, 2.05) is 0 Å². The third-order valence-electron chi connectivity index (χ3n) is 2.79. The van der Waals surface area contributed by atoms with Gasteiger partial charge >= 0.3 is 0 Å². The van der Waals surface area contributed by atoms with Crippen LogP contribution in [0.1, 0.15) is 0 Å². The number of benzene rings is 2. The average Bonchev–Trinajstić information content (AvgIpc) is 2.40. The molecule has 2 aromatic rings. The zero-order valence-corrected chi connectivity index (χ0v) is 15.0. The fourth-order valence-electron chi connectivity index (χ4n) is 1.78. The van der Waals surface area contributed by atoms with Crippen LogP contribution in [0.25, 0.3) is 0 Å². The Bertz CT molecular complexity index is 989. The van der Waals surface area contributed by atoms with Crippen molar-refractivity contribution in [3.8, 4) is 0 Å². The minimum absolute atomic E-state index is 0.0265. The normalized spacial score (nSPS) is 12.2. The van der Waals surface area contributed by atoms with Crippen molar-refractivity contribution in [2.75, 3.05) is 17.2 Å². The molecular weight excluding hydrogens is 380 g/mol. The van der Waals surface area contributed by atoms with Crippen LogP contribution in [0.2, 0.25) is 0 Å². The molecule has 0 amide bonds. The number of hydrogen-bond donors (Lipinski definition) is 1. The number of anilines is 1. The van der Waals surface area contributed by atoms with E-state index in [-0.39, 0.29) is 20.4 Å². The van der Waals surface area contributed by atoms with Crippen LogP contribution < -0.4 is 4.72 Å². The molecule has 0 saturated heterocycles. The molecule has 0 atom stereocenters. The summed E-state index contributed by atoms with van der Waals surface area (Å²) in [6.07, 6.45) is 1.93. The summed E-state index contributed by atoms with van der Waals surface area (Å²) < 4.78 is 75.3. The predicted octanol–water partition coefficient (Wildman–Crippen LogP) is 2.89. The molecule has 0 aliphatic carbocycles. The summed E-state index contributed by atoms with van der Waals surface area (Å²) in [5.74, 6) is -1.59. The number of hydrogen-bond acceptors (Lipinski definition) is 5. The van der Waals surface area contributed by atoms with Crippen LogP contribution >= 0.6 is 11.8 Å². The lowest BCUT2D eigenvalue weighted by molar-refractivity contribution is 0.565. The Morgan fingerprint density at radius 3 is 2.12 bits per heavy atom. The van der Waals surface area contributed by atoms with Gasteiger partial charge in [-0.3, -0.25) is 4.72 Å². The summed E-state index contributed by atoms with van der Waals surface area (Å²) in [5, 5.41) is 0.